The highest BCUT2D eigenvalue weighted by Gasteiger charge is 2.22. The number of carbonyl (C=O) groups excluding carboxylic acids is 1. The molecule has 0 spiro atoms. The fourth-order valence-corrected chi connectivity index (χ4v) is 4.44. The molecule has 0 unspecified atom stereocenters. The van der Waals surface area contributed by atoms with Gasteiger partial charge in [-0.25, -0.2) is 8.42 Å². The van der Waals surface area contributed by atoms with Crippen molar-refractivity contribution in [3.8, 4) is 0 Å². The Labute approximate surface area is 167 Å². The number of anilines is 1. The Balaban J connectivity index is 1.51. The van der Waals surface area contributed by atoms with Gasteiger partial charge >= 0.3 is 0 Å². The molecule has 1 fully saturated rings. The summed E-state index contributed by atoms with van der Waals surface area (Å²) in [6.45, 7) is 2.35. The van der Waals surface area contributed by atoms with E-state index in [1.54, 1.807) is 18.2 Å². The smallest absolute Gasteiger partial charge is 0.243 e. The molecule has 0 radical (unpaired) electrons. The molecule has 1 aliphatic rings. The molecule has 7 heteroatoms. The summed E-state index contributed by atoms with van der Waals surface area (Å²) in [5.41, 5.74) is 2.20. The van der Waals surface area contributed by atoms with E-state index in [1.807, 2.05) is 12.1 Å². The lowest BCUT2D eigenvalue weighted by atomic mass is 10.1. The number of rotatable bonds is 7. The van der Waals surface area contributed by atoms with E-state index in [-0.39, 0.29) is 17.3 Å². The monoisotopic (exact) mass is 401 g/mol. The van der Waals surface area contributed by atoms with Crippen LogP contribution in [0.1, 0.15) is 24.8 Å². The molecule has 150 valence electrons. The predicted octanol–water partition coefficient (Wildman–Crippen LogP) is 2.61. The van der Waals surface area contributed by atoms with Crippen molar-refractivity contribution in [2.75, 3.05) is 31.6 Å². The van der Waals surface area contributed by atoms with Crippen molar-refractivity contribution in [2.24, 2.45) is 0 Å². The molecule has 0 saturated carbocycles. The molecule has 28 heavy (non-hydrogen) atoms. The van der Waals surface area contributed by atoms with E-state index >= 15 is 0 Å². The average Bonchev–Trinajstić information content (AvgIpc) is 2.74. The minimum absolute atomic E-state index is 0.179. The summed E-state index contributed by atoms with van der Waals surface area (Å²) in [6, 6.07) is 16.3. The third-order valence-electron chi connectivity index (χ3n) is 4.96. The van der Waals surface area contributed by atoms with Gasteiger partial charge in [0, 0.05) is 32.4 Å². The number of likely N-dealkylation sites (N-methyl/N-ethyl adjacent to an activating group) is 1. The molecule has 0 atom stereocenters. The summed E-state index contributed by atoms with van der Waals surface area (Å²) < 4.78 is 26.0. The molecule has 2 aromatic carbocycles. The van der Waals surface area contributed by atoms with E-state index in [1.165, 1.54) is 44.1 Å². The number of carbonyl (C=O) groups is 1. The Hall–Kier alpha value is -2.38. The molecule has 1 heterocycles. The zero-order chi connectivity index (χ0) is 20.0. The zero-order valence-electron chi connectivity index (χ0n) is 16.2. The molecule has 1 saturated heterocycles. The van der Waals surface area contributed by atoms with Crippen LogP contribution in [0.5, 0.6) is 0 Å². The molecule has 1 aliphatic heterocycles. The zero-order valence-corrected chi connectivity index (χ0v) is 17.0. The maximum Gasteiger partial charge on any atom is 0.243 e. The van der Waals surface area contributed by atoms with Crippen LogP contribution >= 0.6 is 0 Å². The summed E-state index contributed by atoms with van der Waals surface area (Å²) in [4.78, 5) is 14.8. The Morgan fingerprint density at radius 3 is 2.29 bits per heavy atom. The van der Waals surface area contributed by atoms with Gasteiger partial charge in [-0.2, -0.15) is 4.31 Å². The lowest BCUT2D eigenvalue weighted by Crippen LogP contribution is -2.38. The normalized spacial score (nSPS) is 14.9. The number of hydrogen-bond acceptors (Lipinski definition) is 4. The molecule has 6 nitrogen and oxygen atoms in total. The van der Waals surface area contributed by atoms with Gasteiger partial charge in [-0.15, -0.1) is 0 Å². The standard InChI is InChI=1S/C21H27N3O3S/c1-23(28(26,27)20-8-4-2-5-9-20)17-21(25)22-16-18-10-12-19(13-11-18)24-14-6-3-7-15-24/h2,4-5,8-13H,3,6-7,14-17H2,1H3,(H,22,25). The second-order valence-electron chi connectivity index (χ2n) is 7.07. The van der Waals surface area contributed by atoms with E-state index in [9.17, 15) is 13.2 Å². The highest BCUT2D eigenvalue weighted by Crippen LogP contribution is 2.20. The number of nitrogens with one attached hydrogen (secondary N) is 1. The van der Waals surface area contributed by atoms with Gasteiger partial charge in [-0.05, 0) is 49.1 Å². The lowest BCUT2D eigenvalue weighted by molar-refractivity contribution is -0.121. The third-order valence-corrected chi connectivity index (χ3v) is 6.78. The summed E-state index contributed by atoms with van der Waals surface area (Å²) in [7, 11) is -2.26. The Kier molecular flexibility index (Phi) is 6.70. The molecular formula is C21H27N3O3S. The first-order valence-corrected chi connectivity index (χ1v) is 11.0. The number of nitrogens with zero attached hydrogens (tertiary/aromatic N) is 2. The third kappa shape index (κ3) is 5.11. The van der Waals surface area contributed by atoms with Crippen LogP contribution < -0.4 is 10.2 Å². The number of piperidine rings is 1. The van der Waals surface area contributed by atoms with Crippen LogP contribution in [0.3, 0.4) is 0 Å². The highest BCUT2D eigenvalue weighted by atomic mass is 32.2. The van der Waals surface area contributed by atoms with Crippen molar-refractivity contribution < 1.29 is 13.2 Å². The maximum atomic E-state index is 12.5. The predicted molar refractivity (Wildman–Crippen MR) is 111 cm³/mol. The van der Waals surface area contributed by atoms with Gasteiger partial charge in [0.25, 0.3) is 0 Å². The van der Waals surface area contributed by atoms with Crippen molar-refractivity contribution in [1.82, 2.24) is 9.62 Å². The summed E-state index contributed by atoms with van der Waals surface area (Å²) in [6.07, 6.45) is 3.77. The van der Waals surface area contributed by atoms with Gasteiger partial charge in [0.1, 0.15) is 0 Å². The minimum atomic E-state index is -3.67. The molecule has 0 aromatic heterocycles. The second kappa shape index (κ2) is 9.21. The Morgan fingerprint density at radius 2 is 1.64 bits per heavy atom. The van der Waals surface area contributed by atoms with E-state index in [0.29, 0.717) is 6.54 Å². The Bertz CT molecular complexity index is 877. The van der Waals surface area contributed by atoms with E-state index in [4.69, 9.17) is 0 Å². The molecule has 0 aliphatic carbocycles. The first kappa shape index (κ1) is 20.4. The summed E-state index contributed by atoms with van der Waals surface area (Å²) in [5, 5.41) is 2.79. The van der Waals surface area contributed by atoms with Crippen molar-refractivity contribution >= 4 is 21.6 Å². The molecule has 2 aromatic rings. The largest absolute Gasteiger partial charge is 0.372 e. The SMILES string of the molecule is CN(CC(=O)NCc1ccc(N2CCCCC2)cc1)S(=O)(=O)c1ccccc1. The molecule has 0 bridgehead atoms. The molecular weight excluding hydrogens is 374 g/mol. The van der Waals surface area contributed by atoms with Crippen molar-refractivity contribution in [2.45, 2.75) is 30.7 Å². The molecule has 1 amide bonds. The fourth-order valence-electron chi connectivity index (χ4n) is 3.29. The maximum absolute atomic E-state index is 12.5. The average molecular weight is 402 g/mol. The van der Waals surface area contributed by atoms with Gasteiger partial charge < -0.3 is 10.2 Å². The van der Waals surface area contributed by atoms with Crippen LogP contribution in [0.25, 0.3) is 0 Å². The number of amides is 1. The quantitative estimate of drug-likeness (QED) is 0.774. The molecule has 1 N–H and O–H groups in total. The molecule has 3 rings (SSSR count). The second-order valence-corrected chi connectivity index (χ2v) is 9.11. The number of sulfonamides is 1. The highest BCUT2D eigenvalue weighted by molar-refractivity contribution is 7.89. The van der Waals surface area contributed by atoms with Crippen LogP contribution in [-0.2, 0) is 21.4 Å². The Morgan fingerprint density at radius 1 is 1.00 bits per heavy atom. The summed E-state index contributed by atoms with van der Waals surface area (Å²) in [5.74, 6) is -0.331. The van der Waals surface area contributed by atoms with Gasteiger partial charge in [-0.3, -0.25) is 4.79 Å². The van der Waals surface area contributed by atoms with Crippen LogP contribution in [0.2, 0.25) is 0 Å². The van der Waals surface area contributed by atoms with Crippen LogP contribution in [0, 0.1) is 0 Å². The van der Waals surface area contributed by atoms with Crippen LogP contribution in [0.15, 0.2) is 59.5 Å². The van der Waals surface area contributed by atoms with Crippen LogP contribution in [0.4, 0.5) is 5.69 Å². The van der Waals surface area contributed by atoms with E-state index in [2.05, 4.69) is 22.3 Å². The summed E-state index contributed by atoms with van der Waals surface area (Å²) >= 11 is 0. The number of benzene rings is 2. The van der Waals surface area contributed by atoms with Gasteiger partial charge in [0.2, 0.25) is 15.9 Å². The van der Waals surface area contributed by atoms with Crippen molar-refractivity contribution in [3.63, 3.8) is 0 Å². The first-order chi connectivity index (χ1) is 13.5. The van der Waals surface area contributed by atoms with Crippen molar-refractivity contribution in [3.05, 3.63) is 60.2 Å². The van der Waals surface area contributed by atoms with E-state index < -0.39 is 10.0 Å². The topological polar surface area (TPSA) is 69.7 Å². The van der Waals surface area contributed by atoms with Gasteiger partial charge in [0.05, 0.1) is 11.4 Å². The number of hydrogen-bond donors (Lipinski definition) is 1. The van der Waals surface area contributed by atoms with Gasteiger partial charge in [-0.1, -0.05) is 30.3 Å². The van der Waals surface area contributed by atoms with Gasteiger partial charge in [0.15, 0.2) is 0 Å². The van der Waals surface area contributed by atoms with Crippen LogP contribution in [-0.4, -0.2) is 45.3 Å². The van der Waals surface area contributed by atoms with E-state index in [0.717, 1.165) is 23.0 Å². The fraction of sp³-hybridized carbons (Fsp3) is 0.381. The lowest BCUT2D eigenvalue weighted by Gasteiger charge is -2.28. The van der Waals surface area contributed by atoms with Crippen molar-refractivity contribution in [1.29, 1.82) is 0 Å². The minimum Gasteiger partial charge on any atom is -0.372 e. The first-order valence-electron chi connectivity index (χ1n) is 9.59.